The molecule has 0 bridgehead atoms. The molecule has 35 heavy (non-hydrogen) atoms. The highest BCUT2D eigenvalue weighted by molar-refractivity contribution is 7.99. The molecule has 4 rings (SSSR count). The highest BCUT2D eigenvalue weighted by Crippen LogP contribution is 2.29. The smallest absolute Gasteiger partial charge is 0.349 e. The standard InChI is InChI=1S/C26H30N4O4S/c1-33-22-11-10-18(15-23(22)34-2)12-14-28-24(31)17-35-25-20-8-3-4-9-21(20)30(26(32)29-25)16-19-7-5-6-13-27-19/h5-7,10-11,13,15H,3-4,8-9,12,14,16-17H2,1-2H3,(H,28,31). The van der Waals surface area contributed by atoms with E-state index in [1.54, 1.807) is 25.0 Å². The number of aromatic nitrogens is 3. The maximum absolute atomic E-state index is 12.9. The molecule has 1 amide bonds. The Morgan fingerprint density at radius 1 is 1.11 bits per heavy atom. The number of nitrogens with zero attached hydrogens (tertiary/aromatic N) is 3. The van der Waals surface area contributed by atoms with Crippen LogP contribution in [0.4, 0.5) is 0 Å². The van der Waals surface area contributed by atoms with Gasteiger partial charge in [-0.2, -0.15) is 4.98 Å². The van der Waals surface area contributed by atoms with Gasteiger partial charge in [-0.1, -0.05) is 23.9 Å². The molecule has 1 N–H and O–H groups in total. The van der Waals surface area contributed by atoms with Crippen LogP contribution in [0.1, 0.15) is 35.4 Å². The molecule has 2 aromatic heterocycles. The number of nitrogens with one attached hydrogen (secondary N) is 1. The number of hydrogen-bond acceptors (Lipinski definition) is 7. The van der Waals surface area contributed by atoms with Gasteiger partial charge in [0.25, 0.3) is 0 Å². The Morgan fingerprint density at radius 3 is 2.71 bits per heavy atom. The monoisotopic (exact) mass is 494 g/mol. The molecule has 3 aromatic rings. The van der Waals surface area contributed by atoms with Crippen LogP contribution in [0.2, 0.25) is 0 Å². The van der Waals surface area contributed by atoms with Crippen molar-refractivity contribution in [3.63, 3.8) is 0 Å². The van der Waals surface area contributed by atoms with Gasteiger partial charge in [-0.25, -0.2) is 4.79 Å². The van der Waals surface area contributed by atoms with Crippen molar-refractivity contribution in [1.82, 2.24) is 19.9 Å². The van der Waals surface area contributed by atoms with E-state index in [0.717, 1.165) is 48.2 Å². The van der Waals surface area contributed by atoms with Crippen LogP contribution in [0.3, 0.4) is 0 Å². The van der Waals surface area contributed by atoms with Crippen molar-refractivity contribution < 1.29 is 14.3 Å². The molecule has 1 aliphatic rings. The third-order valence-electron chi connectivity index (χ3n) is 6.02. The number of pyridine rings is 1. The molecular formula is C26H30N4O4S. The van der Waals surface area contributed by atoms with Crippen molar-refractivity contribution in [1.29, 1.82) is 0 Å². The van der Waals surface area contributed by atoms with Crippen LogP contribution in [0.5, 0.6) is 11.5 Å². The summed E-state index contributed by atoms with van der Waals surface area (Å²) in [7, 11) is 3.20. The third-order valence-corrected chi connectivity index (χ3v) is 7.04. The highest BCUT2D eigenvalue weighted by atomic mass is 32.2. The van der Waals surface area contributed by atoms with Crippen LogP contribution >= 0.6 is 11.8 Å². The number of rotatable bonds is 10. The molecule has 8 nitrogen and oxygen atoms in total. The minimum Gasteiger partial charge on any atom is -0.493 e. The summed E-state index contributed by atoms with van der Waals surface area (Å²) in [5, 5.41) is 3.63. The van der Waals surface area contributed by atoms with Crippen molar-refractivity contribution in [3.05, 3.63) is 75.6 Å². The lowest BCUT2D eigenvalue weighted by Crippen LogP contribution is -2.31. The topological polar surface area (TPSA) is 95.3 Å². The number of ether oxygens (including phenoxy) is 2. The SMILES string of the molecule is COc1ccc(CCNC(=O)CSc2nc(=O)n(Cc3ccccn3)c3c2CCCC3)cc1OC. The van der Waals surface area contributed by atoms with E-state index < -0.39 is 0 Å². The van der Waals surface area contributed by atoms with E-state index in [2.05, 4.69) is 15.3 Å². The molecule has 0 unspecified atom stereocenters. The second-order valence-corrected chi connectivity index (χ2v) is 9.28. The largest absolute Gasteiger partial charge is 0.493 e. The normalized spacial score (nSPS) is 12.6. The first kappa shape index (κ1) is 24.8. The second kappa shape index (κ2) is 11.9. The Hall–Kier alpha value is -3.33. The lowest BCUT2D eigenvalue weighted by Gasteiger charge is -2.22. The molecule has 2 heterocycles. The van der Waals surface area contributed by atoms with Crippen molar-refractivity contribution in [2.45, 2.75) is 43.7 Å². The number of thioether (sulfide) groups is 1. The van der Waals surface area contributed by atoms with Crippen molar-refractivity contribution >= 4 is 17.7 Å². The molecule has 0 saturated carbocycles. The Kier molecular flexibility index (Phi) is 8.41. The third kappa shape index (κ3) is 6.22. The number of carbonyl (C=O) groups is 1. The molecule has 184 valence electrons. The van der Waals surface area contributed by atoms with Gasteiger partial charge in [-0.3, -0.25) is 14.3 Å². The molecule has 0 fully saturated rings. The fraction of sp³-hybridized carbons (Fsp3) is 0.385. The molecule has 9 heteroatoms. The van der Waals surface area contributed by atoms with Crippen molar-refractivity contribution in [2.75, 3.05) is 26.5 Å². The number of amides is 1. The molecule has 0 aliphatic heterocycles. The maximum atomic E-state index is 12.9. The molecular weight excluding hydrogens is 464 g/mol. The van der Waals surface area contributed by atoms with E-state index in [1.165, 1.54) is 11.8 Å². The summed E-state index contributed by atoms with van der Waals surface area (Å²) >= 11 is 1.34. The number of methoxy groups -OCH3 is 2. The van der Waals surface area contributed by atoms with E-state index in [-0.39, 0.29) is 17.3 Å². The molecule has 1 aromatic carbocycles. The quantitative estimate of drug-likeness (QED) is 0.342. The predicted molar refractivity (Wildman–Crippen MR) is 135 cm³/mol. The van der Waals surface area contributed by atoms with Crippen molar-refractivity contribution in [3.8, 4) is 11.5 Å². The van der Waals surface area contributed by atoms with Crippen molar-refractivity contribution in [2.24, 2.45) is 0 Å². The van der Waals surface area contributed by atoms with Crippen LogP contribution < -0.4 is 20.5 Å². The average Bonchev–Trinajstić information content (AvgIpc) is 2.89. The van der Waals surface area contributed by atoms with Gasteiger partial charge in [0.1, 0.15) is 5.03 Å². The van der Waals surface area contributed by atoms with E-state index in [0.29, 0.717) is 36.0 Å². The summed E-state index contributed by atoms with van der Waals surface area (Å²) in [5.41, 5.74) is 3.71. The zero-order valence-electron chi connectivity index (χ0n) is 20.1. The van der Waals surface area contributed by atoms with Crippen LogP contribution in [-0.2, 0) is 30.6 Å². The van der Waals surface area contributed by atoms with E-state index in [4.69, 9.17) is 9.47 Å². The maximum Gasteiger partial charge on any atom is 0.349 e. The van der Waals surface area contributed by atoms with Gasteiger partial charge >= 0.3 is 5.69 Å². The molecule has 0 atom stereocenters. The number of hydrogen-bond donors (Lipinski definition) is 1. The molecule has 0 saturated heterocycles. The predicted octanol–water partition coefficient (Wildman–Crippen LogP) is 3.03. The average molecular weight is 495 g/mol. The fourth-order valence-electron chi connectivity index (χ4n) is 4.25. The molecule has 0 spiro atoms. The van der Waals surface area contributed by atoms with Gasteiger partial charge < -0.3 is 14.8 Å². The molecule has 1 aliphatic carbocycles. The summed E-state index contributed by atoms with van der Waals surface area (Å²) in [6.45, 7) is 0.919. The van der Waals surface area contributed by atoms with E-state index in [9.17, 15) is 9.59 Å². The lowest BCUT2D eigenvalue weighted by molar-refractivity contribution is -0.118. The fourth-order valence-corrected chi connectivity index (χ4v) is 5.16. The Balaban J connectivity index is 1.37. The van der Waals surface area contributed by atoms with Gasteiger partial charge in [0.05, 0.1) is 32.2 Å². The van der Waals surface area contributed by atoms with Crippen LogP contribution in [0.25, 0.3) is 0 Å². The number of benzene rings is 1. The first-order chi connectivity index (χ1) is 17.1. The van der Waals surface area contributed by atoms with E-state index >= 15 is 0 Å². The highest BCUT2D eigenvalue weighted by Gasteiger charge is 2.21. The minimum atomic E-state index is -0.285. The Labute approximate surface area is 209 Å². The Morgan fingerprint density at radius 2 is 1.94 bits per heavy atom. The zero-order valence-corrected chi connectivity index (χ0v) is 20.9. The summed E-state index contributed by atoms with van der Waals surface area (Å²) < 4.78 is 12.3. The van der Waals surface area contributed by atoms with Crippen LogP contribution in [0, 0.1) is 0 Å². The van der Waals surface area contributed by atoms with Gasteiger partial charge in [0, 0.05) is 24.0 Å². The number of carbonyl (C=O) groups excluding carboxylic acids is 1. The summed E-state index contributed by atoms with van der Waals surface area (Å²) in [6.07, 6.45) is 6.21. The minimum absolute atomic E-state index is 0.0838. The van der Waals surface area contributed by atoms with E-state index in [1.807, 2.05) is 36.4 Å². The number of fused-ring (bicyclic) bond motifs is 1. The first-order valence-electron chi connectivity index (χ1n) is 11.7. The zero-order chi connectivity index (χ0) is 24.6. The lowest BCUT2D eigenvalue weighted by atomic mass is 9.97. The van der Waals surface area contributed by atoms with Gasteiger partial charge in [-0.05, 0) is 61.9 Å². The Bertz CT molecular complexity index is 1230. The van der Waals surface area contributed by atoms with Gasteiger partial charge in [-0.15, -0.1) is 0 Å². The summed E-state index contributed by atoms with van der Waals surface area (Å²) in [4.78, 5) is 34.1. The summed E-state index contributed by atoms with van der Waals surface area (Å²) in [6, 6.07) is 11.4. The van der Waals surface area contributed by atoms with Gasteiger partial charge in [0.15, 0.2) is 11.5 Å². The molecule has 0 radical (unpaired) electrons. The van der Waals surface area contributed by atoms with Crippen LogP contribution in [0.15, 0.2) is 52.4 Å². The van der Waals surface area contributed by atoms with Crippen LogP contribution in [-0.4, -0.2) is 47.0 Å². The van der Waals surface area contributed by atoms with Gasteiger partial charge in [0.2, 0.25) is 5.91 Å². The second-order valence-electron chi connectivity index (χ2n) is 8.32. The summed E-state index contributed by atoms with van der Waals surface area (Å²) in [5.74, 6) is 1.48. The first-order valence-corrected chi connectivity index (χ1v) is 12.7.